The molecule has 3 N–H and O–H groups in total. The van der Waals surface area contributed by atoms with E-state index < -0.39 is 0 Å². The fourth-order valence-corrected chi connectivity index (χ4v) is 2.08. The maximum absolute atomic E-state index is 11.1. The van der Waals surface area contributed by atoms with E-state index in [0.717, 1.165) is 23.9 Å². The third-order valence-electron chi connectivity index (χ3n) is 2.03. The Morgan fingerprint density at radius 2 is 2.31 bits per heavy atom. The molecule has 90 valence electrons. The first kappa shape index (κ1) is 13.0. The van der Waals surface area contributed by atoms with Gasteiger partial charge in [0, 0.05) is 13.6 Å². The van der Waals surface area contributed by atoms with E-state index in [2.05, 4.69) is 22.4 Å². The van der Waals surface area contributed by atoms with Gasteiger partial charge in [0.05, 0.1) is 12.3 Å². The van der Waals surface area contributed by atoms with Crippen LogP contribution in [0.4, 0.5) is 0 Å². The second kappa shape index (κ2) is 6.49. The number of thioether (sulfide) groups is 1. The molecule has 7 heteroatoms. The highest BCUT2D eigenvalue weighted by atomic mass is 32.2. The van der Waals surface area contributed by atoms with Crippen LogP contribution in [0.5, 0.6) is 0 Å². The molecule has 1 heterocycles. The van der Waals surface area contributed by atoms with Gasteiger partial charge in [-0.15, -0.1) is 10.2 Å². The molecule has 0 saturated carbocycles. The Morgan fingerprint density at radius 1 is 1.56 bits per heavy atom. The number of nitrogens with one attached hydrogen (secondary N) is 1. The number of carbonyl (C=O) groups excluding carboxylic acids is 1. The molecule has 0 fully saturated rings. The molecule has 1 aromatic heterocycles. The Balaban J connectivity index is 2.71. The molecule has 0 atom stereocenters. The van der Waals surface area contributed by atoms with Crippen LogP contribution in [0.1, 0.15) is 19.2 Å². The Hall–Kier alpha value is -1.08. The van der Waals surface area contributed by atoms with Gasteiger partial charge in [0.1, 0.15) is 5.82 Å². The SMILES string of the molecule is CCCn1c(CN)nnc1SCC(=O)NC. The van der Waals surface area contributed by atoms with Crippen molar-refractivity contribution in [2.24, 2.45) is 5.73 Å². The lowest BCUT2D eigenvalue weighted by Gasteiger charge is -2.06. The van der Waals surface area contributed by atoms with E-state index in [0.29, 0.717) is 12.3 Å². The predicted molar refractivity (Wildman–Crippen MR) is 63.0 cm³/mol. The number of carbonyl (C=O) groups is 1. The van der Waals surface area contributed by atoms with Crippen molar-refractivity contribution < 1.29 is 4.79 Å². The van der Waals surface area contributed by atoms with Crippen LogP contribution in [-0.2, 0) is 17.9 Å². The molecular formula is C9H17N5OS. The van der Waals surface area contributed by atoms with Crippen molar-refractivity contribution >= 4 is 17.7 Å². The van der Waals surface area contributed by atoms with Gasteiger partial charge in [-0.2, -0.15) is 0 Å². The Labute approximate surface area is 99.0 Å². The molecule has 16 heavy (non-hydrogen) atoms. The monoisotopic (exact) mass is 243 g/mol. The predicted octanol–water partition coefficient (Wildman–Crippen LogP) is -0.0151. The maximum Gasteiger partial charge on any atom is 0.230 e. The fraction of sp³-hybridized carbons (Fsp3) is 0.667. The van der Waals surface area contributed by atoms with E-state index in [9.17, 15) is 4.79 Å². The molecule has 0 aliphatic carbocycles. The van der Waals surface area contributed by atoms with Crippen LogP contribution in [0.2, 0.25) is 0 Å². The molecule has 0 aliphatic rings. The Kier molecular flexibility index (Phi) is 5.27. The van der Waals surface area contributed by atoms with Gasteiger partial charge in [0.25, 0.3) is 0 Å². The summed E-state index contributed by atoms with van der Waals surface area (Å²) in [5.41, 5.74) is 5.56. The summed E-state index contributed by atoms with van der Waals surface area (Å²) >= 11 is 1.38. The maximum atomic E-state index is 11.1. The van der Waals surface area contributed by atoms with Crippen LogP contribution >= 0.6 is 11.8 Å². The fourth-order valence-electron chi connectivity index (χ4n) is 1.23. The summed E-state index contributed by atoms with van der Waals surface area (Å²) in [5, 5.41) is 11.3. The molecule has 0 bridgehead atoms. The largest absolute Gasteiger partial charge is 0.358 e. The molecule has 0 aliphatic heterocycles. The highest BCUT2D eigenvalue weighted by Gasteiger charge is 2.11. The second-order valence-electron chi connectivity index (χ2n) is 3.22. The third-order valence-corrected chi connectivity index (χ3v) is 3.00. The molecule has 6 nitrogen and oxygen atoms in total. The van der Waals surface area contributed by atoms with E-state index in [4.69, 9.17) is 5.73 Å². The van der Waals surface area contributed by atoms with Crippen LogP contribution in [0.3, 0.4) is 0 Å². The average Bonchev–Trinajstić information content (AvgIpc) is 2.69. The van der Waals surface area contributed by atoms with E-state index >= 15 is 0 Å². The molecule has 0 unspecified atom stereocenters. The van der Waals surface area contributed by atoms with E-state index in [-0.39, 0.29) is 5.91 Å². The van der Waals surface area contributed by atoms with Gasteiger partial charge in [0.2, 0.25) is 5.91 Å². The van der Waals surface area contributed by atoms with Crippen LogP contribution in [0.15, 0.2) is 5.16 Å². The van der Waals surface area contributed by atoms with E-state index in [1.807, 2.05) is 4.57 Å². The first-order valence-electron chi connectivity index (χ1n) is 5.18. The summed E-state index contributed by atoms with van der Waals surface area (Å²) in [4.78, 5) is 11.1. The lowest BCUT2D eigenvalue weighted by Crippen LogP contribution is -2.20. The summed E-state index contributed by atoms with van der Waals surface area (Å²) in [6, 6.07) is 0. The van der Waals surface area contributed by atoms with E-state index in [1.54, 1.807) is 7.05 Å². The average molecular weight is 243 g/mol. The number of rotatable bonds is 6. The summed E-state index contributed by atoms with van der Waals surface area (Å²) in [5.74, 6) is 1.09. The van der Waals surface area contributed by atoms with Crippen LogP contribution < -0.4 is 11.1 Å². The lowest BCUT2D eigenvalue weighted by atomic mass is 10.4. The molecule has 1 aromatic rings. The molecule has 0 radical (unpaired) electrons. The number of hydrogen-bond donors (Lipinski definition) is 2. The van der Waals surface area contributed by atoms with E-state index in [1.165, 1.54) is 11.8 Å². The van der Waals surface area contributed by atoms with Gasteiger partial charge in [-0.25, -0.2) is 0 Å². The Morgan fingerprint density at radius 3 is 2.88 bits per heavy atom. The van der Waals surface area contributed by atoms with Crippen molar-refractivity contribution in [3.8, 4) is 0 Å². The van der Waals surface area contributed by atoms with Gasteiger partial charge in [-0.1, -0.05) is 18.7 Å². The number of amides is 1. The highest BCUT2D eigenvalue weighted by Crippen LogP contribution is 2.16. The van der Waals surface area contributed by atoms with Gasteiger partial charge in [-0.05, 0) is 6.42 Å². The zero-order chi connectivity index (χ0) is 12.0. The topological polar surface area (TPSA) is 85.8 Å². The highest BCUT2D eigenvalue weighted by molar-refractivity contribution is 7.99. The minimum Gasteiger partial charge on any atom is -0.358 e. The third kappa shape index (κ3) is 3.21. The van der Waals surface area contributed by atoms with Crippen LogP contribution in [0.25, 0.3) is 0 Å². The zero-order valence-corrected chi connectivity index (χ0v) is 10.4. The second-order valence-corrected chi connectivity index (χ2v) is 4.16. The summed E-state index contributed by atoms with van der Waals surface area (Å²) in [7, 11) is 1.62. The van der Waals surface area contributed by atoms with Crippen molar-refractivity contribution in [3.05, 3.63) is 5.82 Å². The van der Waals surface area contributed by atoms with Gasteiger partial charge in [0.15, 0.2) is 5.16 Å². The van der Waals surface area contributed by atoms with Gasteiger partial charge >= 0.3 is 0 Å². The minimum atomic E-state index is -0.0228. The molecule has 0 aromatic carbocycles. The molecule has 1 amide bonds. The zero-order valence-electron chi connectivity index (χ0n) is 9.56. The molecule has 1 rings (SSSR count). The van der Waals surface area contributed by atoms with Crippen molar-refractivity contribution in [2.75, 3.05) is 12.8 Å². The summed E-state index contributed by atoms with van der Waals surface area (Å²) < 4.78 is 1.97. The Bertz CT molecular complexity index is 352. The quantitative estimate of drug-likeness (QED) is 0.686. The normalized spacial score (nSPS) is 10.4. The molecule has 0 spiro atoms. The first-order valence-corrected chi connectivity index (χ1v) is 6.17. The standard InChI is InChI=1S/C9H17N5OS/c1-3-4-14-7(5-10)12-13-9(14)16-6-8(15)11-2/h3-6,10H2,1-2H3,(H,11,15). The van der Waals surface area contributed by atoms with Gasteiger partial charge < -0.3 is 15.6 Å². The number of nitrogens with zero attached hydrogens (tertiary/aromatic N) is 3. The van der Waals surface area contributed by atoms with Crippen molar-refractivity contribution in [1.29, 1.82) is 0 Å². The van der Waals surface area contributed by atoms with Crippen LogP contribution in [0, 0.1) is 0 Å². The number of aromatic nitrogens is 3. The smallest absolute Gasteiger partial charge is 0.230 e. The van der Waals surface area contributed by atoms with Crippen molar-refractivity contribution in [3.63, 3.8) is 0 Å². The number of hydrogen-bond acceptors (Lipinski definition) is 5. The van der Waals surface area contributed by atoms with Crippen molar-refractivity contribution in [2.45, 2.75) is 31.6 Å². The lowest BCUT2D eigenvalue weighted by molar-refractivity contribution is -0.118. The summed E-state index contributed by atoms with van der Waals surface area (Å²) in [6.45, 7) is 3.27. The first-order chi connectivity index (χ1) is 7.72. The molecule has 0 saturated heterocycles. The number of nitrogens with two attached hydrogens (primary N) is 1. The van der Waals surface area contributed by atoms with Gasteiger partial charge in [-0.3, -0.25) is 4.79 Å². The van der Waals surface area contributed by atoms with Crippen molar-refractivity contribution in [1.82, 2.24) is 20.1 Å². The van der Waals surface area contributed by atoms with Crippen LogP contribution in [-0.4, -0.2) is 33.5 Å². The minimum absolute atomic E-state index is 0.0228. The summed E-state index contributed by atoms with van der Waals surface area (Å²) in [6.07, 6.45) is 0.985. The molecular weight excluding hydrogens is 226 g/mol.